The van der Waals surface area contributed by atoms with E-state index in [-0.39, 0.29) is 12.4 Å². The lowest BCUT2D eigenvalue weighted by atomic mass is 10.1. The van der Waals surface area contributed by atoms with E-state index in [0.717, 1.165) is 28.0 Å². The average Bonchev–Trinajstić information content (AvgIpc) is 3.14. The van der Waals surface area contributed by atoms with E-state index in [2.05, 4.69) is 19.9 Å². The molecule has 0 radical (unpaired) electrons. The SMILES string of the molecule is CN(Cc1ccc(F)cc1)c1ncnc2nc(-c3ccc(CO)cc3)[nH]c12. The third-order valence-electron chi connectivity index (χ3n) is 4.37. The second kappa shape index (κ2) is 7.13. The number of imidazole rings is 1. The molecule has 2 aromatic heterocycles. The maximum atomic E-state index is 13.1. The molecule has 27 heavy (non-hydrogen) atoms. The van der Waals surface area contributed by atoms with Crippen LogP contribution in [0.5, 0.6) is 0 Å². The lowest BCUT2D eigenvalue weighted by Crippen LogP contribution is -2.18. The largest absolute Gasteiger partial charge is 0.392 e. The highest BCUT2D eigenvalue weighted by molar-refractivity contribution is 5.85. The molecule has 4 rings (SSSR count). The van der Waals surface area contributed by atoms with Gasteiger partial charge in [0.05, 0.1) is 6.61 Å². The fourth-order valence-electron chi connectivity index (χ4n) is 2.95. The van der Waals surface area contributed by atoms with Crippen molar-refractivity contribution in [2.24, 2.45) is 0 Å². The molecule has 2 heterocycles. The monoisotopic (exact) mass is 363 g/mol. The minimum atomic E-state index is -0.253. The standard InChI is InChI=1S/C20H18FN5O/c1-26(10-13-4-8-16(21)9-5-13)20-17-19(22-12-23-20)25-18(24-17)15-6-2-14(11-27)3-7-15/h2-9,12,27H,10-11H2,1H3,(H,22,23,24,25). The Morgan fingerprint density at radius 1 is 1.00 bits per heavy atom. The Labute approximate surface area is 155 Å². The number of aromatic amines is 1. The van der Waals surface area contributed by atoms with Crippen LogP contribution in [0.2, 0.25) is 0 Å². The molecular weight excluding hydrogens is 345 g/mol. The fourth-order valence-corrected chi connectivity index (χ4v) is 2.95. The van der Waals surface area contributed by atoms with Gasteiger partial charge in [-0.15, -0.1) is 0 Å². The van der Waals surface area contributed by atoms with Gasteiger partial charge in [0.1, 0.15) is 23.5 Å². The first kappa shape index (κ1) is 17.1. The molecule has 0 unspecified atom stereocenters. The van der Waals surface area contributed by atoms with Crippen molar-refractivity contribution in [3.05, 3.63) is 71.8 Å². The Kier molecular flexibility index (Phi) is 4.52. The van der Waals surface area contributed by atoms with Gasteiger partial charge in [0.25, 0.3) is 0 Å². The van der Waals surface area contributed by atoms with Crippen molar-refractivity contribution >= 4 is 17.0 Å². The van der Waals surface area contributed by atoms with Gasteiger partial charge in [-0.2, -0.15) is 0 Å². The highest BCUT2D eigenvalue weighted by Gasteiger charge is 2.14. The Hall–Kier alpha value is -3.32. The summed E-state index contributed by atoms with van der Waals surface area (Å²) in [6, 6.07) is 13.9. The second-order valence-corrected chi connectivity index (χ2v) is 6.32. The average molecular weight is 363 g/mol. The van der Waals surface area contributed by atoms with E-state index in [0.29, 0.717) is 18.0 Å². The molecular formula is C20H18FN5O. The number of H-pyrrole nitrogens is 1. The number of nitrogens with one attached hydrogen (secondary N) is 1. The number of nitrogens with zero attached hydrogens (tertiary/aromatic N) is 4. The fraction of sp³-hybridized carbons (Fsp3) is 0.150. The van der Waals surface area contributed by atoms with Gasteiger partial charge in [-0.05, 0) is 23.3 Å². The van der Waals surface area contributed by atoms with Crippen molar-refractivity contribution in [2.45, 2.75) is 13.2 Å². The van der Waals surface area contributed by atoms with E-state index in [1.165, 1.54) is 18.5 Å². The highest BCUT2D eigenvalue weighted by atomic mass is 19.1. The lowest BCUT2D eigenvalue weighted by Gasteiger charge is -2.18. The van der Waals surface area contributed by atoms with Gasteiger partial charge in [-0.25, -0.2) is 19.3 Å². The van der Waals surface area contributed by atoms with E-state index in [1.54, 1.807) is 12.1 Å². The van der Waals surface area contributed by atoms with Crippen molar-refractivity contribution in [3.8, 4) is 11.4 Å². The molecule has 7 heteroatoms. The van der Waals surface area contributed by atoms with Crippen molar-refractivity contribution in [3.63, 3.8) is 0 Å². The van der Waals surface area contributed by atoms with Crippen LogP contribution in [-0.4, -0.2) is 32.1 Å². The summed E-state index contributed by atoms with van der Waals surface area (Å²) in [4.78, 5) is 18.5. The van der Waals surface area contributed by atoms with Crippen LogP contribution in [0.4, 0.5) is 10.2 Å². The number of fused-ring (bicyclic) bond motifs is 1. The van der Waals surface area contributed by atoms with E-state index >= 15 is 0 Å². The van der Waals surface area contributed by atoms with Gasteiger partial charge >= 0.3 is 0 Å². The van der Waals surface area contributed by atoms with E-state index in [1.807, 2.05) is 36.2 Å². The van der Waals surface area contributed by atoms with Crippen LogP contribution >= 0.6 is 0 Å². The molecule has 0 aliphatic heterocycles. The zero-order valence-corrected chi connectivity index (χ0v) is 14.7. The number of aliphatic hydroxyl groups is 1. The summed E-state index contributed by atoms with van der Waals surface area (Å²) < 4.78 is 13.1. The van der Waals surface area contributed by atoms with Gasteiger partial charge in [-0.3, -0.25) is 0 Å². The van der Waals surface area contributed by atoms with Crippen LogP contribution < -0.4 is 4.90 Å². The molecule has 6 nitrogen and oxygen atoms in total. The van der Waals surface area contributed by atoms with Crippen molar-refractivity contribution in [1.82, 2.24) is 19.9 Å². The number of hydrogen-bond acceptors (Lipinski definition) is 5. The first-order chi connectivity index (χ1) is 13.1. The molecule has 4 aromatic rings. The molecule has 136 valence electrons. The number of rotatable bonds is 5. The zero-order valence-electron chi connectivity index (χ0n) is 14.7. The molecule has 0 saturated heterocycles. The maximum absolute atomic E-state index is 13.1. The summed E-state index contributed by atoms with van der Waals surface area (Å²) in [7, 11) is 1.92. The van der Waals surface area contributed by atoms with Gasteiger partial charge in [-0.1, -0.05) is 36.4 Å². The second-order valence-electron chi connectivity index (χ2n) is 6.32. The van der Waals surface area contributed by atoms with Crippen LogP contribution in [0.15, 0.2) is 54.9 Å². The molecule has 2 aromatic carbocycles. The number of aliphatic hydroxyl groups excluding tert-OH is 1. The van der Waals surface area contributed by atoms with Crippen LogP contribution in [0.25, 0.3) is 22.6 Å². The first-order valence-electron chi connectivity index (χ1n) is 8.50. The van der Waals surface area contributed by atoms with Gasteiger partial charge in [0.15, 0.2) is 11.5 Å². The number of hydrogen-bond donors (Lipinski definition) is 2. The lowest BCUT2D eigenvalue weighted by molar-refractivity contribution is 0.282. The third kappa shape index (κ3) is 3.50. The summed E-state index contributed by atoms with van der Waals surface area (Å²) >= 11 is 0. The molecule has 0 atom stereocenters. The van der Waals surface area contributed by atoms with Gasteiger partial charge in [0.2, 0.25) is 0 Å². The van der Waals surface area contributed by atoms with Gasteiger partial charge in [0, 0.05) is 19.2 Å². The van der Waals surface area contributed by atoms with E-state index < -0.39 is 0 Å². The minimum absolute atomic E-state index is 0.00418. The van der Waals surface area contributed by atoms with Crippen LogP contribution in [0.3, 0.4) is 0 Å². The molecule has 0 aliphatic carbocycles. The predicted octanol–water partition coefficient (Wildman–Crippen LogP) is 3.29. The van der Waals surface area contributed by atoms with Crippen molar-refractivity contribution < 1.29 is 9.50 Å². The molecule has 2 N–H and O–H groups in total. The Balaban J connectivity index is 1.66. The first-order valence-corrected chi connectivity index (χ1v) is 8.50. The molecule has 0 aliphatic rings. The summed E-state index contributed by atoms with van der Waals surface area (Å²) in [6.07, 6.45) is 1.48. The number of anilines is 1. The number of benzene rings is 2. The molecule has 0 saturated carbocycles. The Bertz CT molecular complexity index is 1060. The maximum Gasteiger partial charge on any atom is 0.183 e. The molecule has 0 fully saturated rings. The quantitative estimate of drug-likeness (QED) is 0.569. The van der Waals surface area contributed by atoms with Gasteiger partial charge < -0.3 is 15.0 Å². The molecule has 0 spiro atoms. The topological polar surface area (TPSA) is 77.9 Å². The number of aromatic nitrogens is 4. The smallest absolute Gasteiger partial charge is 0.183 e. The summed E-state index contributed by atoms with van der Waals surface area (Å²) in [5, 5.41) is 9.18. The normalized spacial score (nSPS) is 11.1. The van der Waals surface area contributed by atoms with Crippen LogP contribution in [0, 0.1) is 5.82 Å². The van der Waals surface area contributed by atoms with Crippen molar-refractivity contribution in [2.75, 3.05) is 11.9 Å². The Morgan fingerprint density at radius 2 is 1.70 bits per heavy atom. The van der Waals surface area contributed by atoms with Crippen LogP contribution in [0.1, 0.15) is 11.1 Å². The summed E-state index contributed by atoms with van der Waals surface area (Å²) in [6.45, 7) is 0.580. The van der Waals surface area contributed by atoms with Crippen LogP contribution in [-0.2, 0) is 13.2 Å². The summed E-state index contributed by atoms with van der Waals surface area (Å²) in [5.74, 6) is 1.15. The highest BCUT2D eigenvalue weighted by Crippen LogP contribution is 2.25. The molecule has 0 bridgehead atoms. The summed E-state index contributed by atoms with van der Waals surface area (Å²) in [5.41, 5.74) is 4.03. The zero-order chi connectivity index (χ0) is 18.8. The number of halogens is 1. The van der Waals surface area contributed by atoms with Crippen molar-refractivity contribution in [1.29, 1.82) is 0 Å². The minimum Gasteiger partial charge on any atom is -0.392 e. The van der Waals surface area contributed by atoms with E-state index in [4.69, 9.17) is 0 Å². The third-order valence-corrected chi connectivity index (χ3v) is 4.37. The van der Waals surface area contributed by atoms with E-state index in [9.17, 15) is 9.50 Å². The Morgan fingerprint density at radius 3 is 2.41 bits per heavy atom. The molecule has 0 amide bonds. The predicted molar refractivity (Wildman–Crippen MR) is 102 cm³/mol.